The fourth-order valence-corrected chi connectivity index (χ4v) is 2.56. The molecule has 1 unspecified atom stereocenters. The van der Waals surface area contributed by atoms with Crippen LogP contribution in [0.3, 0.4) is 0 Å². The quantitative estimate of drug-likeness (QED) is 0.461. The van der Waals surface area contributed by atoms with Crippen molar-refractivity contribution >= 4 is 40.8 Å². The predicted octanol–water partition coefficient (Wildman–Crippen LogP) is 4.54. The summed E-state index contributed by atoms with van der Waals surface area (Å²) in [6, 6.07) is 5.55. The topological polar surface area (TPSA) is 43.4 Å². The van der Waals surface area contributed by atoms with E-state index in [1.165, 1.54) is 0 Å². The van der Waals surface area contributed by atoms with Crippen molar-refractivity contribution in [1.82, 2.24) is 0 Å². The lowest BCUT2D eigenvalue weighted by Crippen LogP contribution is -2.32. The standard InChI is InChI=1S/C18H18O3S.CH4.H2/c1-4-12-6-7-16(21-5-2)13(8-12)9-14-15(19)10-17(22)11(3)18(14)20;;/h4,6-9,11H,1,5,10H2,2-3H3;1H4;1H/b14-9-;;. The van der Waals surface area contributed by atoms with Crippen LogP contribution in [0.25, 0.3) is 12.2 Å². The Hall–Kier alpha value is -2.07. The molecule has 0 aromatic heterocycles. The third kappa shape index (κ3) is 4.02. The van der Waals surface area contributed by atoms with E-state index in [0.29, 0.717) is 22.8 Å². The minimum atomic E-state index is -0.392. The van der Waals surface area contributed by atoms with Gasteiger partial charge in [0.05, 0.1) is 18.1 Å². The number of thiocarbonyl (C=S) groups is 1. The lowest BCUT2D eigenvalue weighted by molar-refractivity contribution is -0.122. The number of carbonyl (C=O) groups excluding carboxylic acids is 2. The second-order valence-electron chi connectivity index (χ2n) is 5.14. The van der Waals surface area contributed by atoms with Crippen molar-refractivity contribution in [3.05, 3.63) is 41.5 Å². The van der Waals surface area contributed by atoms with Crippen LogP contribution < -0.4 is 4.74 Å². The summed E-state index contributed by atoms with van der Waals surface area (Å²) in [5.41, 5.74) is 1.80. The second kappa shape index (κ2) is 7.97. The first-order valence-corrected chi connectivity index (χ1v) is 7.59. The maximum absolute atomic E-state index is 12.3. The first-order valence-electron chi connectivity index (χ1n) is 7.19. The average molecular weight is 332 g/mol. The molecule has 0 radical (unpaired) electrons. The predicted molar refractivity (Wildman–Crippen MR) is 101 cm³/mol. The highest BCUT2D eigenvalue weighted by molar-refractivity contribution is 7.80. The summed E-state index contributed by atoms with van der Waals surface area (Å²) in [6.07, 6.45) is 3.47. The first-order chi connectivity index (χ1) is 10.5. The van der Waals surface area contributed by atoms with Crippen molar-refractivity contribution in [2.24, 2.45) is 5.92 Å². The minimum absolute atomic E-state index is 0. The van der Waals surface area contributed by atoms with Crippen LogP contribution >= 0.6 is 12.2 Å². The Balaban J connectivity index is 0.00000264. The molecule has 1 aliphatic carbocycles. The number of hydrogen-bond donors (Lipinski definition) is 0. The van der Waals surface area contributed by atoms with Crippen molar-refractivity contribution in [2.75, 3.05) is 6.61 Å². The Morgan fingerprint density at radius 2 is 2.13 bits per heavy atom. The van der Waals surface area contributed by atoms with Gasteiger partial charge in [0.25, 0.3) is 0 Å². The van der Waals surface area contributed by atoms with E-state index in [0.717, 1.165) is 5.56 Å². The maximum atomic E-state index is 12.3. The Kier molecular flexibility index (Phi) is 6.58. The number of rotatable bonds is 4. The molecule has 0 heterocycles. The minimum Gasteiger partial charge on any atom is -0.493 e. The van der Waals surface area contributed by atoms with E-state index in [-0.39, 0.29) is 32.4 Å². The Labute approximate surface area is 144 Å². The van der Waals surface area contributed by atoms with Crippen LogP contribution in [0.1, 0.15) is 40.2 Å². The van der Waals surface area contributed by atoms with Crippen molar-refractivity contribution in [3.63, 3.8) is 0 Å². The van der Waals surface area contributed by atoms with Crippen molar-refractivity contribution in [1.29, 1.82) is 0 Å². The van der Waals surface area contributed by atoms with Gasteiger partial charge in [0.1, 0.15) is 5.75 Å². The van der Waals surface area contributed by atoms with E-state index in [9.17, 15) is 9.59 Å². The number of Topliss-reactive ketones (excluding diaryl/α,β-unsaturated/α-hetero) is 2. The highest BCUT2D eigenvalue weighted by atomic mass is 32.1. The van der Waals surface area contributed by atoms with Crippen LogP contribution in [-0.4, -0.2) is 23.0 Å². The van der Waals surface area contributed by atoms with E-state index < -0.39 is 5.92 Å². The Morgan fingerprint density at radius 1 is 1.43 bits per heavy atom. The maximum Gasteiger partial charge on any atom is 0.174 e. The molecule has 124 valence electrons. The van der Waals surface area contributed by atoms with Crippen molar-refractivity contribution in [2.45, 2.75) is 27.7 Å². The van der Waals surface area contributed by atoms with Gasteiger partial charge < -0.3 is 4.74 Å². The summed E-state index contributed by atoms with van der Waals surface area (Å²) in [6.45, 7) is 7.87. The molecule has 0 amide bonds. The van der Waals surface area contributed by atoms with Gasteiger partial charge in [-0.25, -0.2) is 0 Å². The zero-order valence-corrected chi connectivity index (χ0v) is 13.5. The number of ketones is 2. The average Bonchev–Trinajstić information content (AvgIpc) is 2.51. The fourth-order valence-electron chi connectivity index (χ4n) is 2.32. The van der Waals surface area contributed by atoms with E-state index >= 15 is 0 Å². The molecule has 1 aromatic carbocycles. The molecular formula is C19H24O3S. The summed E-state index contributed by atoms with van der Waals surface area (Å²) >= 11 is 5.10. The van der Waals surface area contributed by atoms with Crippen molar-refractivity contribution < 1.29 is 15.8 Å². The molecule has 1 aliphatic rings. The highest BCUT2D eigenvalue weighted by Gasteiger charge is 2.33. The summed E-state index contributed by atoms with van der Waals surface area (Å²) < 4.78 is 5.57. The molecule has 0 saturated heterocycles. The number of ether oxygens (including phenoxy) is 1. The number of benzene rings is 1. The van der Waals surface area contributed by atoms with Crippen LogP contribution in [0, 0.1) is 5.92 Å². The summed E-state index contributed by atoms with van der Waals surface area (Å²) in [4.78, 5) is 25.0. The molecule has 0 N–H and O–H groups in total. The van der Waals surface area contributed by atoms with E-state index in [1.807, 2.05) is 25.1 Å². The van der Waals surface area contributed by atoms with E-state index in [2.05, 4.69) is 6.58 Å². The van der Waals surface area contributed by atoms with Gasteiger partial charge in [-0.1, -0.05) is 45.3 Å². The Morgan fingerprint density at radius 3 is 2.74 bits per heavy atom. The number of allylic oxidation sites excluding steroid dienone is 1. The molecule has 1 atom stereocenters. The van der Waals surface area contributed by atoms with Gasteiger partial charge in [0, 0.05) is 18.3 Å². The van der Waals surface area contributed by atoms with Crippen LogP contribution in [0.2, 0.25) is 0 Å². The molecule has 0 bridgehead atoms. The third-order valence-corrected chi connectivity index (χ3v) is 4.14. The molecule has 3 nitrogen and oxygen atoms in total. The van der Waals surface area contributed by atoms with Gasteiger partial charge in [-0.15, -0.1) is 0 Å². The molecule has 2 rings (SSSR count). The third-order valence-electron chi connectivity index (χ3n) is 3.65. The molecule has 0 aliphatic heterocycles. The lowest BCUT2D eigenvalue weighted by Gasteiger charge is -2.20. The van der Waals surface area contributed by atoms with Gasteiger partial charge in [-0.2, -0.15) is 0 Å². The van der Waals surface area contributed by atoms with Crippen molar-refractivity contribution in [3.8, 4) is 5.75 Å². The van der Waals surface area contributed by atoms with Gasteiger partial charge in [-0.05, 0) is 30.7 Å². The highest BCUT2D eigenvalue weighted by Crippen LogP contribution is 2.28. The van der Waals surface area contributed by atoms with Crippen LogP contribution in [0.15, 0.2) is 30.4 Å². The van der Waals surface area contributed by atoms with Gasteiger partial charge in [-0.3, -0.25) is 9.59 Å². The largest absolute Gasteiger partial charge is 0.493 e. The lowest BCUT2D eigenvalue weighted by atomic mass is 9.83. The van der Waals surface area contributed by atoms with Crippen LogP contribution in [-0.2, 0) is 9.59 Å². The zero-order valence-electron chi connectivity index (χ0n) is 12.7. The SMILES string of the molecule is C.C=Cc1ccc(OCC)c(/C=C2/C(=O)CC(=S)C(C)C2=O)c1.[HH]. The fraction of sp³-hybridized carbons (Fsp3) is 0.316. The molecule has 4 heteroatoms. The number of carbonyl (C=O) groups is 2. The Bertz CT molecular complexity index is 692. The smallest absolute Gasteiger partial charge is 0.174 e. The summed E-state index contributed by atoms with van der Waals surface area (Å²) in [5, 5.41) is 0. The van der Waals surface area contributed by atoms with Crippen LogP contribution in [0.5, 0.6) is 5.75 Å². The van der Waals surface area contributed by atoms with Gasteiger partial charge >= 0.3 is 0 Å². The second-order valence-corrected chi connectivity index (χ2v) is 5.67. The molecule has 23 heavy (non-hydrogen) atoms. The molecular weight excluding hydrogens is 308 g/mol. The molecule has 1 fully saturated rings. The molecule has 0 spiro atoms. The monoisotopic (exact) mass is 332 g/mol. The normalized spacial score (nSPS) is 19.5. The summed E-state index contributed by atoms with van der Waals surface area (Å²) in [5.74, 6) is -0.189. The van der Waals surface area contributed by atoms with Crippen LogP contribution in [0.4, 0.5) is 0 Å². The first kappa shape index (κ1) is 19.0. The number of hydrogen-bond acceptors (Lipinski definition) is 4. The van der Waals surface area contributed by atoms with Gasteiger partial charge in [0.15, 0.2) is 11.6 Å². The zero-order chi connectivity index (χ0) is 16.3. The molecule has 1 aromatic rings. The van der Waals surface area contributed by atoms with Gasteiger partial charge in [0.2, 0.25) is 0 Å². The summed E-state index contributed by atoms with van der Waals surface area (Å²) in [7, 11) is 0. The molecule has 1 saturated carbocycles. The van der Waals surface area contributed by atoms with E-state index in [1.54, 1.807) is 19.1 Å². The van der Waals surface area contributed by atoms with E-state index in [4.69, 9.17) is 17.0 Å².